The van der Waals surface area contributed by atoms with Crippen molar-refractivity contribution < 1.29 is 9.50 Å². The van der Waals surface area contributed by atoms with Crippen LogP contribution in [0.5, 0.6) is 5.75 Å². The van der Waals surface area contributed by atoms with Crippen molar-refractivity contribution in [2.45, 2.75) is 20.0 Å². The van der Waals surface area contributed by atoms with Crippen LogP contribution in [-0.2, 0) is 13.1 Å². The fourth-order valence-electron chi connectivity index (χ4n) is 1.87. The Morgan fingerprint density at radius 1 is 1.16 bits per heavy atom. The largest absolute Gasteiger partial charge is 0.507 e. The van der Waals surface area contributed by atoms with E-state index < -0.39 is 0 Å². The number of hydrogen-bond acceptors (Lipinski definition) is 2. The van der Waals surface area contributed by atoms with Crippen molar-refractivity contribution in [2.75, 3.05) is 0 Å². The number of phenols is 1. The molecule has 0 spiro atoms. The third kappa shape index (κ3) is 3.55. The Bertz CT molecular complexity index is 584. The summed E-state index contributed by atoms with van der Waals surface area (Å²) in [6.45, 7) is 2.93. The molecule has 0 unspecified atom stereocenters. The first-order chi connectivity index (χ1) is 9.08. The van der Waals surface area contributed by atoms with Gasteiger partial charge in [0.1, 0.15) is 11.6 Å². The zero-order valence-corrected chi connectivity index (χ0v) is 12.2. The smallest absolute Gasteiger partial charge is 0.123 e. The SMILES string of the molecule is Cc1cccc(CNCc2cc(F)ccc2Br)c1O. The maximum absolute atomic E-state index is 13.1. The molecule has 0 fully saturated rings. The van der Waals surface area contributed by atoms with Crippen molar-refractivity contribution in [1.29, 1.82) is 0 Å². The van der Waals surface area contributed by atoms with E-state index in [1.54, 1.807) is 6.07 Å². The molecule has 0 saturated carbocycles. The Balaban J connectivity index is 2.00. The number of nitrogens with one attached hydrogen (secondary N) is 1. The molecule has 0 aliphatic carbocycles. The second-order valence-corrected chi connectivity index (χ2v) is 5.28. The van der Waals surface area contributed by atoms with Crippen molar-refractivity contribution in [2.24, 2.45) is 0 Å². The summed E-state index contributed by atoms with van der Waals surface area (Å²) >= 11 is 3.39. The Kier molecular flexibility index (Phi) is 4.56. The molecule has 0 saturated heterocycles. The summed E-state index contributed by atoms with van der Waals surface area (Å²) in [5.74, 6) is 0.0618. The molecular weight excluding hydrogens is 309 g/mol. The number of aryl methyl sites for hydroxylation is 1. The average Bonchev–Trinajstić information content (AvgIpc) is 2.38. The minimum atomic E-state index is -0.251. The van der Waals surface area contributed by atoms with Crippen molar-refractivity contribution in [3.05, 3.63) is 63.4 Å². The van der Waals surface area contributed by atoms with Gasteiger partial charge in [0.15, 0.2) is 0 Å². The number of aromatic hydroxyl groups is 1. The molecule has 0 aliphatic rings. The highest BCUT2D eigenvalue weighted by Gasteiger charge is 2.05. The van der Waals surface area contributed by atoms with Gasteiger partial charge < -0.3 is 10.4 Å². The maximum atomic E-state index is 13.1. The van der Waals surface area contributed by atoms with Gasteiger partial charge in [-0.25, -0.2) is 4.39 Å². The molecule has 0 amide bonds. The molecule has 0 aliphatic heterocycles. The standard InChI is InChI=1S/C15H15BrFNO/c1-10-3-2-4-11(15(10)19)8-18-9-12-7-13(17)5-6-14(12)16/h2-7,18-19H,8-9H2,1H3. The lowest BCUT2D eigenvalue weighted by molar-refractivity contribution is 0.460. The van der Waals surface area contributed by atoms with Crippen LogP contribution in [0.3, 0.4) is 0 Å². The molecule has 2 nitrogen and oxygen atoms in total. The van der Waals surface area contributed by atoms with Gasteiger partial charge in [0, 0.05) is 23.1 Å². The molecule has 0 heterocycles. The lowest BCUT2D eigenvalue weighted by Gasteiger charge is -2.09. The first-order valence-electron chi connectivity index (χ1n) is 6.00. The van der Waals surface area contributed by atoms with E-state index in [9.17, 15) is 9.50 Å². The van der Waals surface area contributed by atoms with Crippen molar-refractivity contribution in [3.63, 3.8) is 0 Å². The maximum Gasteiger partial charge on any atom is 0.123 e. The summed E-state index contributed by atoms with van der Waals surface area (Å²) in [6, 6.07) is 10.2. The molecule has 100 valence electrons. The zero-order chi connectivity index (χ0) is 13.8. The summed E-state index contributed by atoms with van der Waals surface area (Å²) in [5.41, 5.74) is 2.55. The normalized spacial score (nSPS) is 10.7. The molecule has 0 atom stereocenters. The Hall–Kier alpha value is -1.39. The summed E-state index contributed by atoms with van der Waals surface area (Å²) < 4.78 is 14.0. The van der Waals surface area contributed by atoms with E-state index in [4.69, 9.17) is 0 Å². The minimum absolute atomic E-state index is 0.251. The van der Waals surface area contributed by atoms with Gasteiger partial charge in [-0.05, 0) is 36.2 Å². The molecule has 0 aromatic heterocycles. The number of phenolic OH excluding ortho intramolecular Hbond substituents is 1. The molecule has 2 N–H and O–H groups in total. The number of benzene rings is 2. The van der Waals surface area contributed by atoms with Crippen LogP contribution < -0.4 is 5.32 Å². The fraction of sp³-hybridized carbons (Fsp3) is 0.200. The zero-order valence-electron chi connectivity index (χ0n) is 10.6. The Morgan fingerprint density at radius 3 is 2.68 bits per heavy atom. The summed E-state index contributed by atoms with van der Waals surface area (Å²) in [6.07, 6.45) is 0. The summed E-state index contributed by atoms with van der Waals surface area (Å²) in [4.78, 5) is 0. The van der Waals surface area contributed by atoms with Crippen LogP contribution in [0, 0.1) is 12.7 Å². The second-order valence-electron chi connectivity index (χ2n) is 4.42. The van der Waals surface area contributed by atoms with Crippen LogP contribution in [-0.4, -0.2) is 5.11 Å². The molecule has 2 aromatic carbocycles. The lowest BCUT2D eigenvalue weighted by Crippen LogP contribution is -2.13. The molecular formula is C15H15BrFNO. The van der Waals surface area contributed by atoms with E-state index in [0.717, 1.165) is 21.2 Å². The highest BCUT2D eigenvalue weighted by molar-refractivity contribution is 9.10. The summed E-state index contributed by atoms with van der Waals surface area (Å²) in [5, 5.41) is 13.1. The average molecular weight is 324 g/mol. The van der Waals surface area contributed by atoms with Crippen LogP contribution in [0.15, 0.2) is 40.9 Å². The van der Waals surface area contributed by atoms with Gasteiger partial charge >= 0.3 is 0 Å². The van der Waals surface area contributed by atoms with Gasteiger partial charge in [-0.1, -0.05) is 34.1 Å². The fourth-order valence-corrected chi connectivity index (χ4v) is 2.26. The topological polar surface area (TPSA) is 32.3 Å². The van der Waals surface area contributed by atoms with Gasteiger partial charge in [0.2, 0.25) is 0 Å². The third-order valence-corrected chi connectivity index (χ3v) is 3.73. The predicted octanol–water partition coefficient (Wildman–Crippen LogP) is 3.89. The predicted molar refractivity (Wildman–Crippen MR) is 77.5 cm³/mol. The van der Waals surface area contributed by atoms with Gasteiger partial charge in [-0.2, -0.15) is 0 Å². The highest BCUT2D eigenvalue weighted by Crippen LogP contribution is 2.22. The van der Waals surface area contributed by atoms with Crippen LogP contribution in [0.2, 0.25) is 0 Å². The first kappa shape index (κ1) is 14.0. The second kappa shape index (κ2) is 6.17. The number of hydrogen-bond donors (Lipinski definition) is 2. The number of para-hydroxylation sites is 1. The third-order valence-electron chi connectivity index (χ3n) is 2.96. The van der Waals surface area contributed by atoms with E-state index in [-0.39, 0.29) is 5.82 Å². The molecule has 19 heavy (non-hydrogen) atoms. The monoisotopic (exact) mass is 323 g/mol. The first-order valence-corrected chi connectivity index (χ1v) is 6.79. The van der Waals surface area contributed by atoms with Gasteiger partial charge in [-0.3, -0.25) is 0 Å². The van der Waals surface area contributed by atoms with Gasteiger partial charge in [0.25, 0.3) is 0 Å². The summed E-state index contributed by atoms with van der Waals surface area (Å²) in [7, 11) is 0. The van der Waals surface area contributed by atoms with Crippen LogP contribution in [0.25, 0.3) is 0 Å². The van der Waals surface area contributed by atoms with E-state index in [1.165, 1.54) is 12.1 Å². The molecule has 0 bridgehead atoms. The Labute approximate surface area is 120 Å². The molecule has 2 rings (SSSR count). The van der Waals surface area contributed by atoms with Gasteiger partial charge in [-0.15, -0.1) is 0 Å². The minimum Gasteiger partial charge on any atom is -0.507 e. The quantitative estimate of drug-likeness (QED) is 0.894. The van der Waals surface area contributed by atoms with E-state index >= 15 is 0 Å². The molecule has 4 heteroatoms. The van der Waals surface area contributed by atoms with Crippen LogP contribution >= 0.6 is 15.9 Å². The number of halogens is 2. The number of rotatable bonds is 4. The van der Waals surface area contributed by atoms with Crippen LogP contribution in [0.1, 0.15) is 16.7 Å². The Morgan fingerprint density at radius 2 is 1.89 bits per heavy atom. The van der Waals surface area contributed by atoms with E-state index in [2.05, 4.69) is 21.2 Å². The van der Waals surface area contributed by atoms with E-state index in [0.29, 0.717) is 18.8 Å². The van der Waals surface area contributed by atoms with Crippen molar-refractivity contribution >= 4 is 15.9 Å². The van der Waals surface area contributed by atoms with E-state index in [1.807, 2.05) is 25.1 Å². The van der Waals surface area contributed by atoms with Gasteiger partial charge in [0.05, 0.1) is 0 Å². The molecule has 2 aromatic rings. The van der Waals surface area contributed by atoms with Crippen molar-refractivity contribution in [3.8, 4) is 5.75 Å². The molecule has 0 radical (unpaired) electrons. The lowest BCUT2D eigenvalue weighted by atomic mass is 10.1. The highest BCUT2D eigenvalue weighted by atomic mass is 79.9. The van der Waals surface area contributed by atoms with Crippen LogP contribution in [0.4, 0.5) is 4.39 Å². The van der Waals surface area contributed by atoms with Crippen molar-refractivity contribution in [1.82, 2.24) is 5.32 Å².